The number of hydrogen-bond donors (Lipinski definition) is 2. The molecule has 0 aliphatic heterocycles. The molecule has 1 aromatic heterocycles. The topological polar surface area (TPSA) is 85.1 Å². The smallest absolute Gasteiger partial charge is 0.368 e. The number of aromatic nitrogens is 1. The molecule has 0 fully saturated rings. The van der Waals surface area contributed by atoms with Crippen LogP contribution in [0.1, 0.15) is 21.5 Å². The highest BCUT2D eigenvalue weighted by atomic mass is 19.4. The van der Waals surface area contributed by atoms with Crippen LogP contribution < -0.4 is 11.1 Å². The summed E-state index contributed by atoms with van der Waals surface area (Å²) in [6.07, 6.45) is -4.50. The molecule has 1 heterocycles. The maximum atomic E-state index is 13.3. The highest BCUT2D eigenvalue weighted by molar-refractivity contribution is 6.16. The molecule has 3 N–H and O–H groups in total. The number of fused-ring (bicyclic) bond motifs is 2. The molecule has 0 saturated heterocycles. The van der Waals surface area contributed by atoms with Crippen molar-refractivity contribution in [3.63, 3.8) is 0 Å². The minimum atomic E-state index is -4.46. The van der Waals surface area contributed by atoms with Gasteiger partial charge in [-0.15, -0.1) is 0 Å². The molecule has 162 valence electrons. The molecule has 5 nitrogen and oxygen atoms in total. The lowest BCUT2D eigenvalue weighted by atomic mass is 10.00. The Morgan fingerprint density at radius 3 is 1.91 bits per heavy atom. The molecule has 0 radical (unpaired) electrons. The molecule has 1 atom stereocenters. The third kappa shape index (κ3) is 4.25. The van der Waals surface area contributed by atoms with E-state index in [9.17, 15) is 22.8 Å². The second kappa shape index (κ2) is 8.30. The molecule has 4 rings (SSSR count). The number of amides is 2. The van der Waals surface area contributed by atoms with Gasteiger partial charge in [0.25, 0.3) is 5.91 Å². The summed E-state index contributed by atoms with van der Waals surface area (Å²) >= 11 is 0. The molecular formula is C24H18F3N3O2. The molecule has 0 aliphatic rings. The van der Waals surface area contributed by atoms with Crippen molar-refractivity contribution in [2.75, 3.05) is 0 Å². The summed E-state index contributed by atoms with van der Waals surface area (Å²) in [5, 5.41) is 3.87. The third-order valence-corrected chi connectivity index (χ3v) is 5.18. The Kier molecular flexibility index (Phi) is 5.52. The van der Waals surface area contributed by atoms with E-state index in [1.54, 1.807) is 36.4 Å². The molecule has 4 aromatic rings. The van der Waals surface area contributed by atoms with Gasteiger partial charge in [-0.2, -0.15) is 13.2 Å². The van der Waals surface area contributed by atoms with Crippen LogP contribution in [-0.4, -0.2) is 22.8 Å². The number of para-hydroxylation sites is 2. The minimum Gasteiger partial charge on any atom is -0.368 e. The van der Waals surface area contributed by atoms with Crippen molar-refractivity contribution in [2.24, 2.45) is 5.73 Å². The standard InChI is InChI=1S/C24H18F3N3O2/c25-24(26,27)15-11-9-14(10-12-15)13-20(22(28)31)30-23(32)21-16-5-1-3-7-18(16)29-19-8-4-2-6-17(19)21/h1-12,20H,13H2,(H2,28,31)(H,30,32)/t20-/m1/s1. The molecule has 0 spiro atoms. The largest absolute Gasteiger partial charge is 0.416 e. The van der Waals surface area contributed by atoms with Crippen LogP contribution in [0.25, 0.3) is 21.8 Å². The van der Waals surface area contributed by atoms with Crippen LogP contribution >= 0.6 is 0 Å². The Labute approximate surface area is 181 Å². The molecule has 0 unspecified atom stereocenters. The van der Waals surface area contributed by atoms with Gasteiger partial charge in [-0.3, -0.25) is 9.59 Å². The highest BCUT2D eigenvalue weighted by Crippen LogP contribution is 2.29. The first-order chi connectivity index (χ1) is 15.2. The van der Waals surface area contributed by atoms with Crippen LogP contribution in [0.5, 0.6) is 0 Å². The van der Waals surface area contributed by atoms with Crippen molar-refractivity contribution >= 4 is 33.6 Å². The molecule has 0 aliphatic carbocycles. The number of pyridine rings is 1. The molecule has 0 saturated carbocycles. The van der Waals surface area contributed by atoms with Crippen molar-refractivity contribution in [1.82, 2.24) is 10.3 Å². The predicted octanol–water partition coefficient (Wildman–Crippen LogP) is 4.23. The summed E-state index contributed by atoms with van der Waals surface area (Å²) in [6, 6.07) is 17.6. The number of nitrogens with one attached hydrogen (secondary N) is 1. The Balaban J connectivity index is 1.66. The predicted molar refractivity (Wildman–Crippen MR) is 115 cm³/mol. The SMILES string of the molecule is NC(=O)[C@@H](Cc1ccc(C(F)(F)F)cc1)NC(=O)c1c2ccccc2nc2ccccc12. The first kappa shape index (κ1) is 21.3. The minimum absolute atomic E-state index is 0.0415. The van der Waals surface area contributed by atoms with Crippen LogP contribution in [0.15, 0.2) is 72.8 Å². The maximum Gasteiger partial charge on any atom is 0.416 e. The molecule has 3 aromatic carbocycles. The van der Waals surface area contributed by atoms with E-state index in [-0.39, 0.29) is 6.42 Å². The summed E-state index contributed by atoms with van der Waals surface area (Å²) < 4.78 is 38.4. The Morgan fingerprint density at radius 2 is 1.41 bits per heavy atom. The Morgan fingerprint density at radius 1 is 0.875 bits per heavy atom. The lowest BCUT2D eigenvalue weighted by molar-refractivity contribution is -0.137. The van der Waals surface area contributed by atoms with Crippen molar-refractivity contribution < 1.29 is 22.8 Å². The number of primary amides is 1. The maximum absolute atomic E-state index is 13.3. The van der Waals surface area contributed by atoms with E-state index in [4.69, 9.17) is 5.73 Å². The summed E-state index contributed by atoms with van der Waals surface area (Å²) in [7, 11) is 0. The van der Waals surface area contributed by atoms with Gasteiger partial charge in [0.05, 0.1) is 22.2 Å². The molecule has 2 amide bonds. The third-order valence-electron chi connectivity index (χ3n) is 5.18. The first-order valence-corrected chi connectivity index (χ1v) is 9.78. The number of nitrogens with two attached hydrogens (primary N) is 1. The Hall–Kier alpha value is -3.94. The first-order valence-electron chi connectivity index (χ1n) is 9.78. The van der Waals surface area contributed by atoms with E-state index < -0.39 is 29.6 Å². The van der Waals surface area contributed by atoms with E-state index in [1.165, 1.54) is 12.1 Å². The van der Waals surface area contributed by atoms with Crippen LogP contribution in [0.4, 0.5) is 13.2 Å². The zero-order valence-corrected chi connectivity index (χ0v) is 16.7. The number of carbonyl (C=O) groups excluding carboxylic acids is 2. The number of nitrogens with zero attached hydrogens (tertiary/aromatic N) is 1. The molecule has 8 heteroatoms. The van der Waals surface area contributed by atoms with E-state index >= 15 is 0 Å². The number of benzene rings is 3. The van der Waals surface area contributed by atoms with Gasteiger partial charge in [0, 0.05) is 17.2 Å². The van der Waals surface area contributed by atoms with Crippen LogP contribution in [0.3, 0.4) is 0 Å². The van der Waals surface area contributed by atoms with Gasteiger partial charge in [0.15, 0.2) is 0 Å². The fraction of sp³-hybridized carbons (Fsp3) is 0.125. The van der Waals surface area contributed by atoms with Gasteiger partial charge in [-0.25, -0.2) is 4.98 Å². The van der Waals surface area contributed by atoms with E-state index in [0.29, 0.717) is 32.9 Å². The monoisotopic (exact) mass is 437 g/mol. The quantitative estimate of drug-likeness (QED) is 0.458. The fourth-order valence-electron chi connectivity index (χ4n) is 3.60. The molecule has 0 bridgehead atoms. The second-order valence-electron chi connectivity index (χ2n) is 7.35. The Bertz CT molecular complexity index is 1260. The average molecular weight is 437 g/mol. The van der Waals surface area contributed by atoms with Crippen molar-refractivity contribution in [2.45, 2.75) is 18.6 Å². The van der Waals surface area contributed by atoms with Gasteiger partial charge in [-0.1, -0.05) is 48.5 Å². The van der Waals surface area contributed by atoms with Gasteiger partial charge < -0.3 is 11.1 Å². The van der Waals surface area contributed by atoms with Gasteiger partial charge in [0.1, 0.15) is 6.04 Å². The normalized spacial score (nSPS) is 12.6. The summed E-state index contributed by atoms with van der Waals surface area (Å²) in [5.41, 5.74) is 6.72. The van der Waals surface area contributed by atoms with Crippen LogP contribution in [-0.2, 0) is 17.4 Å². The number of hydrogen-bond acceptors (Lipinski definition) is 3. The zero-order valence-electron chi connectivity index (χ0n) is 16.7. The van der Waals surface area contributed by atoms with E-state index in [0.717, 1.165) is 12.1 Å². The fourth-order valence-corrected chi connectivity index (χ4v) is 3.60. The number of halogens is 3. The summed E-state index contributed by atoms with van der Waals surface area (Å²) in [4.78, 5) is 29.9. The molecule has 32 heavy (non-hydrogen) atoms. The van der Waals surface area contributed by atoms with Gasteiger partial charge in [-0.05, 0) is 29.8 Å². The number of rotatable bonds is 5. The lowest BCUT2D eigenvalue weighted by Gasteiger charge is -2.18. The van der Waals surface area contributed by atoms with Crippen molar-refractivity contribution in [3.05, 3.63) is 89.5 Å². The van der Waals surface area contributed by atoms with E-state index in [1.807, 2.05) is 12.1 Å². The summed E-state index contributed by atoms with van der Waals surface area (Å²) in [5.74, 6) is -1.31. The van der Waals surface area contributed by atoms with Gasteiger partial charge >= 0.3 is 6.18 Å². The van der Waals surface area contributed by atoms with Crippen LogP contribution in [0, 0.1) is 0 Å². The van der Waals surface area contributed by atoms with Gasteiger partial charge in [0.2, 0.25) is 5.91 Å². The average Bonchev–Trinajstić information content (AvgIpc) is 2.76. The van der Waals surface area contributed by atoms with Crippen LogP contribution in [0.2, 0.25) is 0 Å². The van der Waals surface area contributed by atoms with E-state index in [2.05, 4.69) is 10.3 Å². The summed E-state index contributed by atoms with van der Waals surface area (Å²) in [6.45, 7) is 0. The van der Waals surface area contributed by atoms with Crippen molar-refractivity contribution in [3.8, 4) is 0 Å². The lowest BCUT2D eigenvalue weighted by Crippen LogP contribution is -2.46. The highest BCUT2D eigenvalue weighted by Gasteiger charge is 2.30. The number of alkyl halides is 3. The number of carbonyl (C=O) groups is 2. The molecular weight excluding hydrogens is 419 g/mol. The zero-order chi connectivity index (χ0) is 22.9. The van der Waals surface area contributed by atoms with Crippen molar-refractivity contribution in [1.29, 1.82) is 0 Å². The second-order valence-corrected chi connectivity index (χ2v) is 7.35.